The molecule has 0 rings (SSSR count). The molecule has 0 aliphatic rings. The number of ether oxygens (including phenoxy) is 4. The minimum absolute atomic E-state index is 0.115. The van der Waals surface area contributed by atoms with Crippen molar-refractivity contribution in [1.29, 1.82) is 0 Å². The molecule has 0 saturated carbocycles. The number of unbranched alkanes of at least 4 members (excludes halogenated alkanes) is 5. The summed E-state index contributed by atoms with van der Waals surface area (Å²) in [5, 5.41) is 0. The summed E-state index contributed by atoms with van der Waals surface area (Å²) in [5.41, 5.74) is 0. The van der Waals surface area contributed by atoms with E-state index < -0.39 is 5.97 Å². The molecule has 0 heterocycles. The first-order valence-corrected chi connectivity index (χ1v) is 9.41. The molecule has 5 heteroatoms. The molecular weight excluding hydrogens is 308 g/mol. The van der Waals surface area contributed by atoms with Crippen LogP contribution in [0.4, 0.5) is 0 Å². The molecule has 0 fully saturated rings. The van der Waals surface area contributed by atoms with E-state index >= 15 is 0 Å². The minimum atomic E-state index is -1.02. The van der Waals surface area contributed by atoms with Crippen LogP contribution in [0.2, 0.25) is 0 Å². The fraction of sp³-hybridized carbons (Fsp3) is 0.947. The van der Waals surface area contributed by atoms with E-state index in [2.05, 4.69) is 6.92 Å². The van der Waals surface area contributed by atoms with Crippen LogP contribution in [0.15, 0.2) is 0 Å². The summed E-state index contributed by atoms with van der Waals surface area (Å²) < 4.78 is 21.8. The summed E-state index contributed by atoms with van der Waals surface area (Å²) in [7, 11) is 4.83. The molecule has 0 aliphatic carbocycles. The molecule has 0 aromatic rings. The van der Waals surface area contributed by atoms with Gasteiger partial charge in [-0.2, -0.15) is 0 Å². The lowest BCUT2D eigenvalue weighted by atomic mass is 9.93. The van der Waals surface area contributed by atoms with Gasteiger partial charge in [0.2, 0.25) is 0 Å². The molecule has 0 aromatic carbocycles. The first-order chi connectivity index (χ1) is 11.6. The Labute approximate surface area is 148 Å². The largest absolute Gasteiger partial charge is 0.466 e. The average Bonchev–Trinajstić information content (AvgIpc) is 2.62. The summed E-state index contributed by atoms with van der Waals surface area (Å²) in [6.45, 7) is 4.47. The Balaban J connectivity index is 4.40. The van der Waals surface area contributed by atoms with Crippen LogP contribution in [0.1, 0.15) is 78.1 Å². The third kappa shape index (κ3) is 9.00. The highest BCUT2D eigenvalue weighted by Crippen LogP contribution is 2.32. The van der Waals surface area contributed by atoms with Crippen LogP contribution in [0, 0.1) is 5.92 Å². The van der Waals surface area contributed by atoms with Gasteiger partial charge in [0.05, 0.1) is 6.61 Å². The number of carbonyl (C=O) groups is 1. The molecule has 24 heavy (non-hydrogen) atoms. The minimum Gasteiger partial charge on any atom is -0.466 e. The Hall–Kier alpha value is -0.650. The van der Waals surface area contributed by atoms with Gasteiger partial charge in [-0.25, -0.2) is 0 Å². The zero-order valence-corrected chi connectivity index (χ0v) is 16.4. The third-order valence-electron chi connectivity index (χ3n) is 4.51. The number of carbonyl (C=O) groups excluding carboxylic acids is 1. The Bertz CT molecular complexity index is 294. The van der Waals surface area contributed by atoms with Gasteiger partial charge in [-0.05, 0) is 19.3 Å². The van der Waals surface area contributed by atoms with Crippen molar-refractivity contribution in [2.75, 3.05) is 27.9 Å². The molecule has 0 aromatic heterocycles. The number of esters is 1. The predicted molar refractivity (Wildman–Crippen MR) is 95.7 cm³/mol. The van der Waals surface area contributed by atoms with Gasteiger partial charge in [-0.1, -0.05) is 52.4 Å². The lowest BCUT2D eigenvalue weighted by Crippen LogP contribution is -2.44. The van der Waals surface area contributed by atoms with Gasteiger partial charge in [0, 0.05) is 33.7 Å². The second-order valence-corrected chi connectivity index (χ2v) is 6.19. The standard InChI is InChI=1S/C19H38O5/c1-6-8-9-10-11-12-14-17(19(21-3,22-4)23-5)15-13-16-24-18(20)7-2/h17H,6-16H2,1-5H3. The molecule has 0 aliphatic heterocycles. The number of hydrogen-bond donors (Lipinski definition) is 0. The molecule has 0 N–H and O–H groups in total. The Morgan fingerprint density at radius 3 is 1.92 bits per heavy atom. The first-order valence-electron chi connectivity index (χ1n) is 9.41. The van der Waals surface area contributed by atoms with E-state index in [0.29, 0.717) is 13.0 Å². The number of methoxy groups -OCH3 is 3. The van der Waals surface area contributed by atoms with Crippen molar-refractivity contribution in [3.8, 4) is 0 Å². The summed E-state index contributed by atoms with van der Waals surface area (Å²) >= 11 is 0. The SMILES string of the molecule is CCCCCCCCC(CCCOC(=O)CC)C(OC)(OC)OC. The molecule has 0 spiro atoms. The highest BCUT2D eigenvalue weighted by molar-refractivity contribution is 5.68. The highest BCUT2D eigenvalue weighted by Gasteiger charge is 2.39. The first kappa shape index (κ1) is 23.4. The van der Waals surface area contributed by atoms with Crippen LogP contribution >= 0.6 is 0 Å². The molecule has 1 unspecified atom stereocenters. The number of hydrogen-bond acceptors (Lipinski definition) is 5. The third-order valence-corrected chi connectivity index (χ3v) is 4.51. The fourth-order valence-electron chi connectivity index (χ4n) is 3.04. The van der Waals surface area contributed by atoms with Gasteiger partial charge in [0.25, 0.3) is 5.97 Å². The Morgan fingerprint density at radius 1 is 0.833 bits per heavy atom. The van der Waals surface area contributed by atoms with E-state index in [1.54, 1.807) is 28.3 Å². The normalized spacial score (nSPS) is 13.0. The lowest BCUT2D eigenvalue weighted by molar-refractivity contribution is -0.380. The van der Waals surface area contributed by atoms with E-state index in [-0.39, 0.29) is 11.9 Å². The zero-order valence-electron chi connectivity index (χ0n) is 16.4. The molecule has 0 saturated heterocycles. The van der Waals surface area contributed by atoms with Crippen LogP contribution in [-0.4, -0.2) is 39.9 Å². The van der Waals surface area contributed by atoms with Crippen molar-refractivity contribution < 1.29 is 23.7 Å². The maximum atomic E-state index is 11.2. The smallest absolute Gasteiger partial charge is 0.305 e. The summed E-state index contributed by atoms with van der Waals surface area (Å²) in [5.74, 6) is -1.05. The maximum absolute atomic E-state index is 11.2. The van der Waals surface area contributed by atoms with Crippen LogP contribution < -0.4 is 0 Å². The van der Waals surface area contributed by atoms with E-state index in [9.17, 15) is 4.79 Å². The second-order valence-electron chi connectivity index (χ2n) is 6.19. The van der Waals surface area contributed by atoms with Crippen LogP contribution in [0.3, 0.4) is 0 Å². The second kappa shape index (κ2) is 14.7. The summed E-state index contributed by atoms with van der Waals surface area (Å²) in [6, 6.07) is 0. The van der Waals surface area contributed by atoms with Gasteiger partial charge < -0.3 is 18.9 Å². The molecule has 144 valence electrons. The van der Waals surface area contributed by atoms with E-state index in [1.165, 1.54) is 32.1 Å². The van der Waals surface area contributed by atoms with Crippen molar-refractivity contribution in [2.45, 2.75) is 84.0 Å². The Morgan fingerprint density at radius 2 is 1.38 bits per heavy atom. The van der Waals surface area contributed by atoms with Gasteiger partial charge >= 0.3 is 5.97 Å². The van der Waals surface area contributed by atoms with Crippen molar-refractivity contribution in [3.63, 3.8) is 0 Å². The molecule has 0 radical (unpaired) electrons. The zero-order chi connectivity index (χ0) is 18.3. The summed E-state index contributed by atoms with van der Waals surface area (Å²) in [6.07, 6.45) is 10.5. The van der Waals surface area contributed by atoms with Gasteiger partial charge in [-0.15, -0.1) is 0 Å². The van der Waals surface area contributed by atoms with Crippen molar-refractivity contribution in [2.24, 2.45) is 5.92 Å². The van der Waals surface area contributed by atoms with E-state index in [0.717, 1.165) is 25.7 Å². The van der Waals surface area contributed by atoms with E-state index in [4.69, 9.17) is 18.9 Å². The topological polar surface area (TPSA) is 54.0 Å². The molecule has 0 amide bonds. The summed E-state index contributed by atoms with van der Waals surface area (Å²) in [4.78, 5) is 11.2. The Kier molecular flexibility index (Phi) is 14.3. The quantitative estimate of drug-likeness (QED) is 0.231. The monoisotopic (exact) mass is 346 g/mol. The molecule has 0 bridgehead atoms. The van der Waals surface area contributed by atoms with E-state index in [1.807, 2.05) is 0 Å². The maximum Gasteiger partial charge on any atom is 0.305 e. The van der Waals surface area contributed by atoms with Crippen LogP contribution in [0.25, 0.3) is 0 Å². The predicted octanol–water partition coefficient (Wildman–Crippen LogP) is 4.68. The van der Waals surface area contributed by atoms with Gasteiger partial charge in [0.15, 0.2) is 0 Å². The van der Waals surface area contributed by atoms with Crippen molar-refractivity contribution in [1.82, 2.24) is 0 Å². The van der Waals surface area contributed by atoms with Crippen LogP contribution in [-0.2, 0) is 23.7 Å². The highest BCUT2D eigenvalue weighted by atomic mass is 16.9. The van der Waals surface area contributed by atoms with Crippen LogP contribution in [0.5, 0.6) is 0 Å². The average molecular weight is 347 g/mol. The van der Waals surface area contributed by atoms with Crippen molar-refractivity contribution in [3.05, 3.63) is 0 Å². The van der Waals surface area contributed by atoms with Gasteiger partial charge in [0.1, 0.15) is 0 Å². The lowest BCUT2D eigenvalue weighted by Gasteiger charge is -2.36. The molecule has 5 nitrogen and oxygen atoms in total. The molecule has 1 atom stereocenters. The fourth-order valence-corrected chi connectivity index (χ4v) is 3.04. The number of rotatable bonds is 16. The van der Waals surface area contributed by atoms with Crippen molar-refractivity contribution >= 4 is 5.97 Å². The van der Waals surface area contributed by atoms with Gasteiger partial charge in [-0.3, -0.25) is 4.79 Å². The molecular formula is C19H38O5.